The molecule has 0 aliphatic rings. The summed E-state index contributed by atoms with van der Waals surface area (Å²) in [4.78, 5) is 2.71. The van der Waals surface area contributed by atoms with Gasteiger partial charge in [0.2, 0.25) is 0 Å². The van der Waals surface area contributed by atoms with Crippen LogP contribution in [0, 0.1) is 5.41 Å². The zero-order valence-corrected chi connectivity index (χ0v) is 9.27. The van der Waals surface area contributed by atoms with Crippen LogP contribution in [0.3, 0.4) is 0 Å². The van der Waals surface area contributed by atoms with Gasteiger partial charge in [-0.15, -0.1) is 0 Å². The Bertz CT molecular complexity index is 358. The van der Waals surface area contributed by atoms with Crippen molar-refractivity contribution in [3.63, 3.8) is 0 Å². The lowest BCUT2D eigenvalue weighted by atomic mass is 9.99. The lowest BCUT2D eigenvalue weighted by molar-refractivity contribution is 0.198. The van der Waals surface area contributed by atoms with Crippen molar-refractivity contribution in [2.75, 3.05) is 6.61 Å². The zero-order chi connectivity index (χ0) is 11.3. The highest BCUT2D eigenvalue weighted by atomic mass is 16.5. The molecule has 1 rings (SSSR count). The highest BCUT2D eigenvalue weighted by Crippen LogP contribution is 2.20. The maximum absolute atomic E-state index is 8.23. The van der Waals surface area contributed by atoms with Crippen LogP contribution in [0.25, 0.3) is 10.4 Å². The average molecular weight is 205 g/mol. The summed E-state index contributed by atoms with van der Waals surface area (Å²) in [5.74, 6) is 0.793. The molecule has 0 amide bonds. The van der Waals surface area contributed by atoms with Crippen LogP contribution in [-0.4, -0.2) is 6.61 Å². The molecule has 0 aliphatic heterocycles. The van der Waals surface area contributed by atoms with E-state index in [1.54, 1.807) is 24.3 Å². The second kappa shape index (κ2) is 4.71. The van der Waals surface area contributed by atoms with Crippen LogP contribution in [0.1, 0.15) is 20.8 Å². The normalized spacial score (nSPS) is 10.6. The first-order chi connectivity index (χ1) is 7.01. The Hall–Kier alpha value is -1.67. The Kier molecular flexibility index (Phi) is 3.58. The highest BCUT2D eigenvalue weighted by Gasteiger charge is 2.10. The van der Waals surface area contributed by atoms with Crippen LogP contribution in [-0.2, 0) is 0 Å². The van der Waals surface area contributed by atoms with Crippen LogP contribution in [0.5, 0.6) is 5.75 Å². The molecule has 1 aromatic rings. The summed E-state index contributed by atoms with van der Waals surface area (Å²) in [5.41, 5.74) is 8.97. The third-order valence-electron chi connectivity index (χ3n) is 1.67. The minimum atomic E-state index is 0.142. The molecule has 15 heavy (non-hydrogen) atoms. The number of hydrogen-bond acceptors (Lipinski definition) is 2. The summed E-state index contributed by atoms with van der Waals surface area (Å²) >= 11 is 0. The van der Waals surface area contributed by atoms with Gasteiger partial charge in [0.25, 0.3) is 0 Å². The van der Waals surface area contributed by atoms with Crippen molar-refractivity contribution in [1.82, 2.24) is 0 Å². The van der Waals surface area contributed by atoms with Crippen LogP contribution < -0.4 is 4.74 Å². The molecule has 80 valence electrons. The van der Waals surface area contributed by atoms with Gasteiger partial charge in [-0.25, -0.2) is 0 Å². The number of benzene rings is 1. The molecule has 0 unspecified atom stereocenters. The quantitative estimate of drug-likeness (QED) is 0.417. The van der Waals surface area contributed by atoms with Crippen LogP contribution >= 0.6 is 0 Å². The second-order valence-corrected chi connectivity index (χ2v) is 4.53. The number of azide groups is 1. The Morgan fingerprint density at radius 3 is 2.33 bits per heavy atom. The Balaban J connectivity index is 2.61. The first-order valence-electron chi connectivity index (χ1n) is 4.79. The molecule has 0 fully saturated rings. The van der Waals surface area contributed by atoms with Crippen molar-refractivity contribution in [2.45, 2.75) is 20.8 Å². The van der Waals surface area contributed by atoms with Gasteiger partial charge in [0.1, 0.15) is 5.75 Å². The molecule has 0 atom stereocenters. The van der Waals surface area contributed by atoms with Gasteiger partial charge in [0, 0.05) is 10.6 Å². The summed E-state index contributed by atoms with van der Waals surface area (Å²) in [6.07, 6.45) is 0. The van der Waals surface area contributed by atoms with Crippen molar-refractivity contribution >= 4 is 5.69 Å². The van der Waals surface area contributed by atoms with E-state index in [0.717, 1.165) is 5.75 Å². The number of ether oxygens (including phenoxy) is 1. The van der Waals surface area contributed by atoms with Crippen LogP contribution in [0.15, 0.2) is 29.4 Å². The Labute approximate surface area is 89.5 Å². The van der Waals surface area contributed by atoms with Gasteiger partial charge in [-0.1, -0.05) is 25.9 Å². The molecular weight excluding hydrogens is 190 g/mol. The van der Waals surface area contributed by atoms with E-state index in [1.165, 1.54) is 0 Å². The minimum Gasteiger partial charge on any atom is -0.493 e. The predicted molar refractivity (Wildman–Crippen MR) is 60.2 cm³/mol. The van der Waals surface area contributed by atoms with Gasteiger partial charge in [-0.05, 0) is 35.2 Å². The summed E-state index contributed by atoms with van der Waals surface area (Å²) in [7, 11) is 0. The predicted octanol–water partition coefficient (Wildman–Crippen LogP) is 4.05. The first kappa shape index (κ1) is 11.4. The smallest absolute Gasteiger partial charge is 0.119 e. The number of nitrogens with zero attached hydrogens (tertiary/aromatic N) is 3. The van der Waals surface area contributed by atoms with Crippen molar-refractivity contribution in [3.05, 3.63) is 34.7 Å². The van der Waals surface area contributed by atoms with Gasteiger partial charge < -0.3 is 4.74 Å². The molecule has 1 aromatic carbocycles. The fourth-order valence-electron chi connectivity index (χ4n) is 0.961. The van der Waals surface area contributed by atoms with E-state index in [2.05, 4.69) is 30.8 Å². The summed E-state index contributed by atoms with van der Waals surface area (Å²) < 4.78 is 5.57. The van der Waals surface area contributed by atoms with Crippen molar-refractivity contribution < 1.29 is 4.74 Å². The molecule has 0 saturated heterocycles. The van der Waals surface area contributed by atoms with Gasteiger partial charge in [0.15, 0.2) is 0 Å². The lowest BCUT2D eigenvalue weighted by Gasteiger charge is -2.18. The van der Waals surface area contributed by atoms with Gasteiger partial charge >= 0.3 is 0 Å². The van der Waals surface area contributed by atoms with Crippen molar-refractivity contribution in [2.24, 2.45) is 10.5 Å². The topological polar surface area (TPSA) is 58.0 Å². The molecule has 0 radical (unpaired) electrons. The Morgan fingerprint density at radius 2 is 1.87 bits per heavy atom. The minimum absolute atomic E-state index is 0.142. The molecule has 0 saturated carbocycles. The summed E-state index contributed by atoms with van der Waals surface area (Å²) in [6.45, 7) is 7.00. The standard InChI is InChI=1S/C11H15N3O/c1-11(2,3)8-15-10-6-4-9(5-7-10)13-14-12/h4-7H,8H2,1-3H3. The van der Waals surface area contributed by atoms with E-state index < -0.39 is 0 Å². The van der Waals surface area contributed by atoms with Crippen LogP contribution in [0.4, 0.5) is 5.69 Å². The maximum atomic E-state index is 8.23. The van der Waals surface area contributed by atoms with Gasteiger partial charge in [-0.3, -0.25) is 0 Å². The van der Waals surface area contributed by atoms with E-state index in [4.69, 9.17) is 10.3 Å². The van der Waals surface area contributed by atoms with Crippen molar-refractivity contribution in [1.29, 1.82) is 0 Å². The van der Waals surface area contributed by atoms with E-state index in [1.807, 2.05) is 0 Å². The summed E-state index contributed by atoms with van der Waals surface area (Å²) in [5, 5.41) is 3.48. The molecule has 4 nitrogen and oxygen atoms in total. The third-order valence-corrected chi connectivity index (χ3v) is 1.67. The van der Waals surface area contributed by atoms with E-state index >= 15 is 0 Å². The first-order valence-corrected chi connectivity index (χ1v) is 4.79. The molecule has 0 aromatic heterocycles. The zero-order valence-electron chi connectivity index (χ0n) is 9.27. The fourth-order valence-corrected chi connectivity index (χ4v) is 0.961. The molecule has 0 heterocycles. The van der Waals surface area contributed by atoms with Gasteiger partial charge in [-0.2, -0.15) is 0 Å². The third kappa shape index (κ3) is 4.38. The molecule has 0 N–H and O–H groups in total. The van der Waals surface area contributed by atoms with E-state index in [9.17, 15) is 0 Å². The van der Waals surface area contributed by atoms with Crippen LogP contribution in [0.2, 0.25) is 0 Å². The molecule has 0 spiro atoms. The fraction of sp³-hybridized carbons (Fsp3) is 0.455. The lowest BCUT2D eigenvalue weighted by Crippen LogP contribution is -2.16. The second-order valence-electron chi connectivity index (χ2n) is 4.53. The molecular formula is C11H15N3O. The largest absolute Gasteiger partial charge is 0.493 e. The van der Waals surface area contributed by atoms with Gasteiger partial charge in [0.05, 0.1) is 6.61 Å². The van der Waals surface area contributed by atoms with Crippen molar-refractivity contribution in [3.8, 4) is 5.75 Å². The summed E-state index contributed by atoms with van der Waals surface area (Å²) in [6, 6.07) is 7.07. The maximum Gasteiger partial charge on any atom is 0.119 e. The average Bonchev–Trinajstić information content (AvgIpc) is 2.16. The van der Waals surface area contributed by atoms with E-state index in [-0.39, 0.29) is 5.41 Å². The number of rotatable bonds is 3. The number of hydrogen-bond donors (Lipinski definition) is 0. The monoisotopic (exact) mass is 205 g/mol. The van der Waals surface area contributed by atoms with E-state index in [0.29, 0.717) is 12.3 Å². The Morgan fingerprint density at radius 1 is 1.27 bits per heavy atom. The highest BCUT2D eigenvalue weighted by molar-refractivity contribution is 5.40. The molecule has 0 aliphatic carbocycles. The molecule has 0 bridgehead atoms. The SMILES string of the molecule is CC(C)(C)COc1ccc(N=[N+]=[N-])cc1. The molecule has 4 heteroatoms.